The Morgan fingerprint density at radius 3 is 2.63 bits per heavy atom. The predicted molar refractivity (Wildman–Crippen MR) is 102 cm³/mol. The van der Waals surface area contributed by atoms with Crippen LogP contribution in [-0.4, -0.2) is 37.9 Å². The Morgan fingerprint density at radius 2 is 2.00 bits per heavy atom. The highest BCUT2D eigenvalue weighted by atomic mass is 35.5. The number of carbonyl (C=O) groups excluding carboxylic acids is 2. The van der Waals surface area contributed by atoms with E-state index in [0.29, 0.717) is 11.8 Å². The van der Waals surface area contributed by atoms with Crippen LogP contribution >= 0.6 is 11.6 Å². The molecule has 0 atom stereocenters. The van der Waals surface area contributed by atoms with Gasteiger partial charge in [-0.15, -0.1) is 0 Å². The number of ether oxygens (including phenoxy) is 1. The smallest absolute Gasteiger partial charge is 0.340 e. The molecule has 8 heteroatoms. The first kappa shape index (κ1) is 19.1. The quantitative estimate of drug-likeness (QED) is 0.478. The fourth-order valence-electron chi connectivity index (χ4n) is 3.05. The molecule has 0 saturated heterocycles. The summed E-state index contributed by atoms with van der Waals surface area (Å²) in [5.41, 5.74) is 1.05. The number of rotatable bonds is 5. The normalized spacial score (nSPS) is 11.5. The van der Waals surface area contributed by atoms with E-state index < -0.39 is 15.8 Å². The maximum atomic E-state index is 12.7. The highest BCUT2D eigenvalue weighted by Gasteiger charge is 2.28. The maximum Gasteiger partial charge on any atom is 0.340 e. The summed E-state index contributed by atoms with van der Waals surface area (Å²) in [5.74, 6) is -0.649. The number of sulfone groups is 1. The molecule has 0 amide bonds. The lowest BCUT2D eigenvalue weighted by molar-refractivity contribution is 0.0529. The highest BCUT2D eigenvalue weighted by Crippen LogP contribution is 2.38. The van der Waals surface area contributed by atoms with Crippen molar-refractivity contribution in [2.45, 2.75) is 11.8 Å². The minimum Gasteiger partial charge on any atom is -0.462 e. The molecule has 0 fully saturated rings. The Labute approximate surface area is 161 Å². The van der Waals surface area contributed by atoms with E-state index in [0.717, 1.165) is 6.26 Å². The zero-order chi connectivity index (χ0) is 19.8. The van der Waals surface area contributed by atoms with Gasteiger partial charge in [-0.3, -0.25) is 4.79 Å². The zero-order valence-corrected chi connectivity index (χ0v) is 16.2. The summed E-state index contributed by atoms with van der Waals surface area (Å²) in [4.78, 5) is 24.6. The van der Waals surface area contributed by atoms with E-state index in [9.17, 15) is 18.0 Å². The number of fused-ring (bicyclic) bond motifs is 1. The van der Waals surface area contributed by atoms with Crippen molar-refractivity contribution < 1.29 is 22.7 Å². The molecule has 0 aliphatic carbocycles. The Morgan fingerprint density at radius 1 is 1.26 bits per heavy atom. The zero-order valence-electron chi connectivity index (χ0n) is 14.6. The van der Waals surface area contributed by atoms with E-state index in [1.165, 1.54) is 22.6 Å². The molecule has 6 nitrogen and oxygen atoms in total. The van der Waals surface area contributed by atoms with Gasteiger partial charge in [-0.2, -0.15) is 0 Å². The standard InChI is InChI=1S/C19H16ClNO5S/c1-3-26-19(23)18-14-6-4-5-9-21(14)15(11-22)17(18)13-10-12(20)7-8-16(13)27(2,24)25/h4-11H,3H2,1-2H3. The van der Waals surface area contributed by atoms with Crippen LogP contribution in [0, 0.1) is 0 Å². The lowest BCUT2D eigenvalue weighted by atomic mass is 10.0. The van der Waals surface area contributed by atoms with E-state index in [1.54, 1.807) is 31.3 Å². The summed E-state index contributed by atoms with van der Waals surface area (Å²) < 4.78 is 31.3. The molecular formula is C19H16ClNO5S. The van der Waals surface area contributed by atoms with Gasteiger partial charge < -0.3 is 9.14 Å². The number of esters is 1. The monoisotopic (exact) mass is 405 g/mol. The lowest BCUT2D eigenvalue weighted by Crippen LogP contribution is -2.07. The van der Waals surface area contributed by atoms with Gasteiger partial charge >= 0.3 is 5.97 Å². The number of hydrogen-bond donors (Lipinski definition) is 0. The van der Waals surface area contributed by atoms with Gasteiger partial charge in [0.05, 0.1) is 28.3 Å². The molecule has 0 unspecified atom stereocenters. The first-order valence-electron chi connectivity index (χ1n) is 8.05. The van der Waals surface area contributed by atoms with E-state index in [1.807, 2.05) is 0 Å². The fraction of sp³-hybridized carbons (Fsp3) is 0.158. The molecule has 1 aromatic carbocycles. The number of pyridine rings is 1. The van der Waals surface area contributed by atoms with Gasteiger partial charge in [0.15, 0.2) is 16.1 Å². The second kappa shape index (κ2) is 7.17. The second-order valence-corrected chi connectivity index (χ2v) is 8.26. The highest BCUT2D eigenvalue weighted by molar-refractivity contribution is 7.90. The minimum absolute atomic E-state index is 0.0311. The molecule has 3 aromatic rings. The second-order valence-electron chi connectivity index (χ2n) is 5.84. The summed E-state index contributed by atoms with van der Waals surface area (Å²) in [7, 11) is -3.65. The van der Waals surface area contributed by atoms with E-state index in [4.69, 9.17) is 16.3 Å². The number of aromatic nitrogens is 1. The molecule has 0 bridgehead atoms. The molecule has 0 aliphatic rings. The van der Waals surface area contributed by atoms with E-state index >= 15 is 0 Å². The Hall–Kier alpha value is -2.64. The summed E-state index contributed by atoms with van der Waals surface area (Å²) in [6.07, 6.45) is 3.26. The van der Waals surface area contributed by atoms with Crippen molar-refractivity contribution in [3.63, 3.8) is 0 Å². The molecule has 0 saturated carbocycles. The Kier molecular flexibility index (Phi) is 5.08. The third-order valence-corrected chi connectivity index (χ3v) is 5.47. The number of carbonyl (C=O) groups is 2. The molecule has 0 spiro atoms. The summed E-state index contributed by atoms with van der Waals surface area (Å²) in [5, 5.41) is 0.277. The molecule has 140 valence electrons. The molecule has 27 heavy (non-hydrogen) atoms. The number of nitrogens with zero attached hydrogens (tertiary/aromatic N) is 1. The molecule has 3 rings (SSSR count). The van der Waals surface area contributed by atoms with Crippen molar-refractivity contribution in [1.82, 2.24) is 4.40 Å². The topological polar surface area (TPSA) is 81.9 Å². The van der Waals surface area contributed by atoms with Crippen molar-refractivity contribution in [3.05, 3.63) is 58.9 Å². The van der Waals surface area contributed by atoms with Crippen molar-refractivity contribution in [2.24, 2.45) is 0 Å². The summed E-state index contributed by atoms with van der Waals surface area (Å²) in [6.45, 7) is 1.80. The lowest BCUT2D eigenvalue weighted by Gasteiger charge is -2.11. The van der Waals surface area contributed by atoms with Crippen LogP contribution in [0.5, 0.6) is 0 Å². The van der Waals surface area contributed by atoms with Crippen molar-refractivity contribution in [3.8, 4) is 11.1 Å². The van der Waals surface area contributed by atoms with Crippen LogP contribution in [-0.2, 0) is 14.6 Å². The largest absolute Gasteiger partial charge is 0.462 e. The Balaban J connectivity index is 2.53. The molecule has 0 aliphatic heterocycles. The van der Waals surface area contributed by atoms with Crippen molar-refractivity contribution in [1.29, 1.82) is 0 Å². The number of hydrogen-bond acceptors (Lipinski definition) is 5. The van der Waals surface area contributed by atoms with Crippen LogP contribution in [0.4, 0.5) is 0 Å². The third kappa shape index (κ3) is 3.36. The van der Waals surface area contributed by atoms with Gasteiger partial charge in [0.2, 0.25) is 0 Å². The Bertz CT molecular complexity index is 1160. The first-order valence-corrected chi connectivity index (χ1v) is 10.3. The van der Waals surface area contributed by atoms with Crippen molar-refractivity contribution in [2.75, 3.05) is 12.9 Å². The van der Waals surface area contributed by atoms with E-state index in [2.05, 4.69) is 0 Å². The van der Waals surface area contributed by atoms with Crippen LogP contribution in [0.3, 0.4) is 0 Å². The average Bonchev–Trinajstić information content (AvgIpc) is 2.95. The van der Waals surface area contributed by atoms with Crippen LogP contribution in [0.25, 0.3) is 16.6 Å². The number of halogens is 1. The number of benzene rings is 1. The van der Waals surface area contributed by atoms with Gasteiger partial charge in [-0.05, 0) is 37.3 Å². The summed E-state index contributed by atoms with van der Waals surface area (Å²) in [6, 6.07) is 9.32. The molecule has 2 heterocycles. The number of aldehydes is 1. The fourth-order valence-corrected chi connectivity index (χ4v) is 4.10. The van der Waals surface area contributed by atoms with Crippen LogP contribution < -0.4 is 0 Å². The third-order valence-electron chi connectivity index (χ3n) is 4.08. The average molecular weight is 406 g/mol. The molecule has 0 radical (unpaired) electrons. The molecule has 0 N–H and O–H groups in total. The SMILES string of the molecule is CCOC(=O)c1c(-c2cc(Cl)ccc2S(C)(=O)=O)c(C=O)n2ccccc12. The molecule has 2 aromatic heterocycles. The summed E-state index contributed by atoms with van der Waals surface area (Å²) >= 11 is 6.10. The van der Waals surface area contributed by atoms with Gasteiger partial charge in [-0.1, -0.05) is 17.7 Å². The minimum atomic E-state index is -3.65. The van der Waals surface area contributed by atoms with Crippen molar-refractivity contribution >= 4 is 39.2 Å². The van der Waals surface area contributed by atoms with Gasteiger partial charge in [0.1, 0.15) is 0 Å². The van der Waals surface area contributed by atoms with Crippen LogP contribution in [0.1, 0.15) is 27.8 Å². The van der Waals surface area contributed by atoms with Crippen LogP contribution in [0.2, 0.25) is 5.02 Å². The van der Waals surface area contributed by atoms with E-state index in [-0.39, 0.29) is 38.9 Å². The maximum absolute atomic E-state index is 12.7. The van der Waals surface area contributed by atoms with Gasteiger partial charge in [-0.25, -0.2) is 13.2 Å². The molecular weight excluding hydrogens is 390 g/mol. The van der Waals surface area contributed by atoms with Gasteiger partial charge in [0.25, 0.3) is 0 Å². The first-order chi connectivity index (χ1) is 12.8. The predicted octanol–water partition coefficient (Wildman–Crippen LogP) is 3.65. The van der Waals surface area contributed by atoms with Crippen LogP contribution in [0.15, 0.2) is 47.5 Å². The van der Waals surface area contributed by atoms with Gasteiger partial charge in [0, 0.05) is 28.6 Å².